The average molecular weight is 619 g/mol. The fourth-order valence-corrected chi connectivity index (χ4v) is 6.70. The zero-order valence-corrected chi connectivity index (χ0v) is 27.3. The molecule has 0 aliphatic carbocycles. The van der Waals surface area contributed by atoms with E-state index in [9.17, 15) is 4.39 Å². The van der Waals surface area contributed by atoms with Gasteiger partial charge >= 0.3 is 0 Å². The van der Waals surface area contributed by atoms with Gasteiger partial charge in [0.25, 0.3) is 0 Å². The highest BCUT2D eigenvalue weighted by Gasteiger charge is 2.26. The highest BCUT2D eigenvalue weighted by molar-refractivity contribution is 8.00. The number of hydrogen-bond acceptors (Lipinski definition) is 5. The van der Waals surface area contributed by atoms with E-state index in [0.717, 1.165) is 56.5 Å². The zero-order valence-electron chi connectivity index (χ0n) is 26.5. The van der Waals surface area contributed by atoms with Gasteiger partial charge in [-0.3, -0.25) is 4.98 Å². The quantitative estimate of drug-likeness (QED) is 0.164. The molecule has 0 spiro atoms. The van der Waals surface area contributed by atoms with E-state index in [0.29, 0.717) is 13.2 Å². The lowest BCUT2D eigenvalue weighted by Gasteiger charge is -2.24. The van der Waals surface area contributed by atoms with E-state index in [4.69, 9.17) is 15.5 Å². The van der Waals surface area contributed by atoms with Crippen molar-refractivity contribution in [2.75, 3.05) is 0 Å². The first-order valence-electron chi connectivity index (χ1n) is 15.2. The topological polar surface area (TPSA) is 66.0 Å². The van der Waals surface area contributed by atoms with E-state index in [1.165, 1.54) is 22.9 Å². The Hall–Kier alpha value is -4.20. The third kappa shape index (κ3) is 7.38. The number of rotatable bonds is 9. The van der Waals surface area contributed by atoms with E-state index < -0.39 is 5.54 Å². The van der Waals surface area contributed by atoms with Gasteiger partial charge in [0.2, 0.25) is 0 Å². The van der Waals surface area contributed by atoms with Crippen molar-refractivity contribution >= 4 is 33.6 Å². The molecule has 3 heterocycles. The Morgan fingerprint density at radius 3 is 2.38 bits per heavy atom. The van der Waals surface area contributed by atoms with Crippen LogP contribution in [0.3, 0.4) is 0 Å². The lowest BCUT2D eigenvalue weighted by molar-refractivity contribution is 0.302. The lowest BCUT2D eigenvalue weighted by Crippen LogP contribution is -2.35. The van der Waals surface area contributed by atoms with Crippen LogP contribution < -0.4 is 10.5 Å². The number of hydrogen-bond donors (Lipinski definition) is 1. The van der Waals surface area contributed by atoms with Gasteiger partial charge in [-0.05, 0) is 61.9 Å². The molecule has 0 atom stereocenters. The van der Waals surface area contributed by atoms with E-state index in [2.05, 4.69) is 80.6 Å². The minimum absolute atomic E-state index is 0.0116. The van der Waals surface area contributed by atoms with Gasteiger partial charge in [0.1, 0.15) is 18.2 Å². The van der Waals surface area contributed by atoms with Gasteiger partial charge < -0.3 is 15.0 Å². The molecular weight excluding hydrogens is 580 g/mol. The van der Waals surface area contributed by atoms with Crippen molar-refractivity contribution in [3.8, 4) is 17.0 Å². The number of pyridine rings is 2. The molecule has 0 amide bonds. The summed E-state index contributed by atoms with van der Waals surface area (Å²) >= 11 is 1.87. The number of halogens is 1. The summed E-state index contributed by atoms with van der Waals surface area (Å²) in [4.78, 5) is 10.3. The van der Waals surface area contributed by atoms with Crippen molar-refractivity contribution in [1.29, 1.82) is 0 Å². The first kappa shape index (κ1) is 30.8. The molecule has 0 saturated carbocycles. The fourth-order valence-electron chi connectivity index (χ4n) is 5.51. The minimum Gasteiger partial charge on any atom is -0.487 e. The lowest BCUT2D eigenvalue weighted by atomic mass is 9.99. The molecule has 6 rings (SSSR count). The van der Waals surface area contributed by atoms with Crippen LogP contribution in [0.4, 0.5) is 4.39 Å². The van der Waals surface area contributed by atoms with Crippen molar-refractivity contribution in [3.63, 3.8) is 0 Å². The first-order chi connectivity index (χ1) is 21.4. The Balaban J connectivity index is 1.37. The molecule has 45 heavy (non-hydrogen) atoms. The molecule has 7 heteroatoms. The molecule has 6 aromatic rings. The van der Waals surface area contributed by atoms with Gasteiger partial charge in [0.15, 0.2) is 0 Å². The Morgan fingerprint density at radius 1 is 0.889 bits per heavy atom. The Kier molecular flexibility index (Phi) is 8.42. The van der Waals surface area contributed by atoms with Gasteiger partial charge in [-0.15, -0.1) is 11.8 Å². The Bertz CT molecular complexity index is 1950. The van der Waals surface area contributed by atoms with Crippen LogP contribution in [0, 0.1) is 5.82 Å². The van der Waals surface area contributed by atoms with Crippen molar-refractivity contribution in [1.82, 2.24) is 14.5 Å². The zero-order chi connectivity index (χ0) is 31.8. The van der Waals surface area contributed by atoms with Crippen molar-refractivity contribution in [2.24, 2.45) is 5.73 Å². The summed E-state index contributed by atoms with van der Waals surface area (Å²) < 4.78 is 22.1. The number of para-hydroxylation sites is 1. The summed E-state index contributed by atoms with van der Waals surface area (Å²) in [7, 11) is 0. The summed E-state index contributed by atoms with van der Waals surface area (Å²) in [5.41, 5.74) is 13.3. The Morgan fingerprint density at radius 2 is 1.67 bits per heavy atom. The van der Waals surface area contributed by atoms with Crippen LogP contribution in [0.15, 0.2) is 102 Å². The molecule has 0 unspecified atom stereocenters. The highest BCUT2D eigenvalue weighted by Crippen LogP contribution is 2.43. The molecule has 5 nitrogen and oxygen atoms in total. The van der Waals surface area contributed by atoms with Crippen LogP contribution in [0.2, 0.25) is 0 Å². The molecule has 0 aliphatic rings. The van der Waals surface area contributed by atoms with Crippen LogP contribution in [0.1, 0.15) is 51.6 Å². The molecule has 0 bridgehead atoms. The molecule has 2 N–H and O–H groups in total. The van der Waals surface area contributed by atoms with Crippen LogP contribution in [-0.2, 0) is 19.6 Å². The predicted octanol–water partition coefficient (Wildman–Crippen LogP) is 9.19. The predicted molar refractivity (Wildman–Crippen MR) is 184 cm³/mol. The number of nitrogens with two attached hydrogens (primary N) is 1. The molecule has 0 radical (unpaired) electrons. The van der Waals surface area contributed by atoms with Gasteiger partial charge in [-0.1, -0.05) is 69.3 Å². The van der Waals surface area contributed by atoms with Crippen molar-refractivity contribution < 1.29 is 9.13 Å². The van der Waals surface area contributed by atoms with Gasteiger partial charge in [0, 0.05) is 55.7 Å². The van der Waals surface area contributed by atoms with Gasteiger partial charge in [-0.2, -0.15) is 0 Å². The minimum atomic E-state index is -0.404. The average Bonchev–Trinajstić information content (AvgIpc) is 3.25. The molecule has 0 fully saturated rings. The molecular formula is C38H39FN4OS. The van der Waals surface area contributed by atoms with E-state index in [-0.39, 0.29) is 10.6 Å². The number of nitrogens with zero attached hydrogens (tertiary/aromatic N) is 3. The number of thioether (sulfide) groups is 1. The fraction of sp³-hybridized carbons (Fsp3) is 0.263. The Labute approximate surface area is 268 Å². The van der Waals surface area contributed by atoms with Crippen LogP contribution in [0.25, 0.3) is 33.1 Å². The van der Waals surface area contributed by atoms with E-state index in [1.54, 1.807) is 6.07 Å². The summed E-state index contributed by atoms with van der Waals surface area (Å²) in [6.45, 7) is 12.0. The SMILES string of the molecule is CC(C)(N)Cc1c(SC(C)(C)C)c2cc(OCc3ccc4ccccc4n3)ccc2n1Cc1ccc(-c2ccc(F)cn2)cc1. The second-order valence-corrected chi connectivity index (χ2v) is 15.1. The molecule has 0 saturated heterocycles. The molecule has 230 valence electrons. The summed E-state index contributed by atoms with van der Waals surface area (Å²) in [6.07, 6.45) is 1.97. The number of ether oxygens (including phenoxy) is 1. The maximum Gasteiger partial charge on any atom is 0.141 e. The third-order valence-corrected chi connectivity index (χ3v) is 8.76. The smallest absolute Gasteiger partial charge is 0.141 e. The second-order valence-electron chi connectivity index (χ2n) is 13.3. The molecule has 3 aromatic carbocycles. The number of benzene rings is 3. The van der Waals surface area contributed by atoms with Crippen LogP contribution >= 0.6 is 11.8 Å². The van der Waals surface area contributed by atoms with Crippen LogP contribution in [-0.4, -0.2) is 24.8 Å². The normalized spacial score (nSPS) is 12.2. The van der Waals surface area contributed by atoms with Crippen LogP contribution in [0.5, 0.6) is 5.75 Å². The van der Waals surface area contributed by atoms with E-state index >= 15 is 0 Å². The third-order valence-electron chi connectivity index (χ3n) is 7.48. The summed E-state index contributed by atoms with van der Waals surface area (Å²) in [6, 6.07) is 30.1. The number of aromatic nitrogens is 3. The van der Waals surface area contributed by atoms with E-state index in [1.807, 2.05) is 54.2 Å². The largest absolute Gasteiger partial charge is 0.487 e. The van der Waals surface area contributed by atoms with Crippen molar-refractivity contribution in [3.05, 3.63) is 120 Å². The first-order valence-corrected chi connectivity index (χ1v) is 16.0. The van der Waals surface area contributed by atoms with Gasteiger partial charge in [0.05, 0.1) is 23.1 Å². The molecule has 0 aliphatic heterocycles. The monoisotopic (exact) mass is 618 g/mol. The summed E-state index contributed by atoms with van der Waals surface area (Å²) in [5.74, 6) is 0.466. The van der Waals surface area contributed by atoms with Gasteiger partial charge in [-0.25, -0.2) is 9.37 Å². The van der Waals surface area contributed by atoms with Crippen molar-refractivity contribution in [2.45, 2.75) is 69.4 Å². The maximum absolute atomic E-state index is 13.4. The molecule has 3 aromatic heterocycles. The number of fused-ring (bicyclic) bond motifs is 2. The highest BCUT2D eigenvalue weighted by atomic mass is 32.2. The maximum atomic E-state index is 13.4. The standard InChI is InChI=1S/C38H39FN4OS/c1-37(2,3)45-36-31-20-30(44-24-29-16-14-26-8-6-7-9-33(26)42-29)17-19-34(31)43(35(36)21-38(4,5)40)23-25-10-12-27(13-11-25)32-18-15-28(39)22-41-32/h6-20,22H,21,23-24,40H2,1-5H3. The summed E-state index contributed by atoms with van der Waals surface area (Å²) in [5, 5.41) is 2.27. The second kappa shape index (κ2) is 12.3.